The first-order valence-corrected chi connectivity index (χ1v) is 6.68. The van der Waals surface area contributed by atoms with Crippen LogP contribution in [0.25, 0.3) is 5.52 Å². The molecule has 1 N–H and O–H groups in total. The lowest BCUT2D eigenvalue weighted by atomic mass is 9.96. The average Bonchev–Trinajstić information content (AvgIpc) is 2.79. The van der Waals surface area contributed by atoms with E-state index in [1.165, 1.54) is 7.11 Å². The van der Waals surface area contributed by atoms with Gasteiger partial charge in [-0.05, 0) is 26.3 Å². The van der Waals surface area contributed by atoms with Crippen molar-refractivity contribution in [1.29, 1.82) is 0 Å². The minimum Gasteiger partial charge on any atom is -0.467 e. The monoisotopic (exact) mass is 276 g/mol. The van der Waals surface area contributed by atoms with Crippen molar-refractivity contribution in [1.82, 2.24) is 14.6 Å². The van der Waals surface area contributed by atoms with Crippen molar-refractivity contribution in [2.45, 2.75) is 39.2 Å². The van der Waals surface area contributed by atoms with E-state index < -0.39 is 5.54 Å². The minimum absolute atomic E-state index is 0.292. The number of ether oxygens (including phenoxy) is 1. The number of hydrogen-bond acceptors (Lipinski definition) is 5. The maximum atomic E-state index is 12.0. The molecule has 2 heterocycles. The standard InChI is InChI=1S/C14H20N4O2/c1-5-6-14(3,13(19)20-4)16-12-11-9-10(2)17-18(11)8-7-15-12/h7-9H,5-6H2,1-4H3,(H,15,16). The second kappa shape index (κ2) is 5.48. The third-order valence-electron chi connectivity index (χ3n) is 3.29. The zero-order chi connectivity index (χ0) is 14.8. The van der Waals surface area contributed by atoms with Gasteiger partial charge in [-0.15, -0.1) is 0 Å². The highest BCUT2D eigenvalue weighted by Gasteiger charge is 2.34. The predicted octanol–water partition coefficient (Wildman–Crippen LogP) is 2.18. The highest BCUT2D eigenvalue weighted by molar-refractivity contribution is 5.85. The van der Waals surface area contributed by atoms with Crippen LogP contribution in [0.4, 0.5) is 5.82 Å². The number of carbonyl (C=O) groups excluding carboxylic acids is 1. The summed E-state index contributed by atoms with van der Waals surface area (Å²) in [6.45, 7) is 5.78. The predicted molar refractivity (Wildman–Crippen MR) is 76.7 cm³/mol. The third-order valence-corrected chi connectivity index (χ3v) is 3.29. The number of aryl methyl sites for hydroxylation is 1. The van der Waals surface area contributed by atoms with E-state index in [0.29, 0.717) is 12.2 Å². The van der Waals surface area contributed by atoms with E-state index in [1.54, 1.807) is 16.9 Å². The van der Waals surface area contributed by atoms with Crippen LogP contribution in [-0.4, -0.2) is 33.2 Å². The Balaban J connectivity index is 2.40. The number of methoxy groups -OCH3 is 1. The molecule has 2 aromatic rings. The number of carbonyl (C=O) groups is 1. The first-order chi connectivity index (χ1) is 9.50. The summed E-state index contributed by atoms with van der Waals surface area (Å²) in [5.74, 6) is 0.342. The summed E-state index contributed by atoms with van der Waals surface area (Å²) in [4.78, 5) is 16.4. The largest absolute Gasteiger partial charge is 0.467 e. The topological polar surface area (TPSA) is 68.5 Å². The molecule has 6 nitrogen and oxygen atoms in total. The summed E-state index contributed by atoms with van der Waals surface area (Å²) in [6, 6.07) is 1.93. The number of aromatic nitrogens is 3. The van der Waals surface area contributed by atoms with Crippen LogP contribution in [0.3, 0.4) is 0 Å². The van der Waals surface area contributed by atoms with Crippen LogP contribution in [0.5, 0.6) is 0 Å². The zero-order valence-corrected chi connectivity index (χ0v) is 12.3. The van der Waals surface area contributed by atoms with Crippen LogP contribution in [0.15, 0.2) is 18.5 Å². The van der Waals surface area contributed by atoms with Crippen molar-refractivity contribution in [3.8, 4) is 0 Å². The second-order valence-corrected chi connectivity index (χ2v) is 5.09. The highest BCUT2D eigenvalue weighted by Crippen LogP contribution is 2.23. The highest BCUT2D eigenvalue weighted by atomic mass is 16.5. The van der Waals surface area contributed by atoms with Crippen LogP contribution in [-0.2, 0) is 9.53 Å². The van der Waals surface area contributed by atoms with Crippen LogP contribution >= 0.6 is 0 Å². The van der Waals surface area contributed by atoms with Gasteiger partial charge in [0.05, 0.1) is 12.8 Å². The fourth-order valence-electron chi connectivity index (χ4n) is 2.34. The van der Waals surface area contributed by atoms with E-state index in [2.05, 4.69) is 15.4 Å². The molecule has 0 saturated heterocycles. The van der Waals surface area contributed by atoms with Crippen LogP contribution in [0.2, 0.25) is 0 Å². The van der Waals surface area contributed by atoms with E-state index >= 15 is 0 Å². The number of nitrogens with one attached hydrogen (secondary N) is 1. The lowest BCUT2D eigenvalue weighted by molar-refractivity contribution is -0.145. The lowest BCUT2D eigenvalue weighted by Gasteiger charge is -2.28. The van der Waals surface area contributed by atoms with Crippen molar-refractivity contribution >= 4 is 17.3 Å². The Labute approximate surface area is 118 Å². The van der Waals surface area contributed by atoms with Crippen molar-refractivity contribution < 1.29 is 9.53 Å². The summed E-state index contributed by atoms with van der Waals surface area (Å²) >= 11 is 0. The summed E-state index contributed by atoms with van der Waals surface area (Å²) in [5, 5.41) is 7.55. The van der Waals surface area contributed by atoms with Gasteiger partial charge in [-0.1, -0.05) is 13.3 Å². The summed E-state index contributed by atoms with van der Waals surface area (Å²) < 4.78 is 6.65. The Hall–Kier alpha value is -2.11. The van der Waals surface area contributed by atoms with Gasteiger partial charge in [0, 0.05) is 12.4 Å². The van der Waals surface area contributed by atoms with Crippen molar-refractivity contribution in [2.75, 3.05) is 12.4 Å². The molecule has 0 aliphatic heterocycles. The van der Waals surface area contributed by atoms with E-state index in [9.17, 15) is 4.79 Å². The van der Waals surface area contributed by atoms with Gasteiger partial charge >= 0.3 is 5.97 Å². The number of anilines is 1. The van der Waals surface area contributed by atoms with Gasteiger partial charge in [0.2, 0.25) is 0 Å². The van der Waals surface area contributed by atoms with Crippen LogP contribution in [0, 0.1) is 6.92 Å². The third kappa shape index (κ3) is 2.59. The van der Waals surface area contributed by atoms with E-state index in [4.69, 9.17) is 4.74 Å². The van der Waals surface area contributed by atoms with Gasteiger partial charge in [-0.2, -0.15) is 5.10 Å². The van der Waals surface area contributed by atoms with Gasteiger partial charge in [0.25, 0.3) is 0 Å². The van der Waals surface area contributed by atoms with Crippen LogP contribution < -0.4 is 5.32 Å². The number of fused-ring (bicyclic) bond motifs is 1. The first-order valence-electron chi connectivity index (χ1n) is 6.68. The number of esters is 1. The average molecular weight is 276 g/mol. The van der Waals surface area contributed by atoms with E-state index in [1.807, 2.05) is 26.8 Å². The normalized spacial score (nSPS) is 14.0. The Bertz CT molecular complexity index is 623. The molecule has 108 valence electrons. The molecule has 1 atom stereocenters. The zero-order valence-electron chi connectivity index (χ0n) is 12.3. The molecule has 20 heavy (non-hydrogen) atoms. The Morgan fingerprint density at radius 1 is 1.55 bits per heavy atom. The molecule has 0 saturated carbocycles. The summed E-state index contributed by atoms with van der Waals surface area (Å²) in [5.41, 5.74) is 0.948. The van der Waals surface area contributed by atoms with Gasteiger partial charge < -0.3 is 10.1 Å². The smallest absolute Gasteiger partial charge is 0.331 e. The molecule has 0 bridgehead atoms. The quantitative estimate of drug-likeness (QED) is 0.848. The SMILES string of the molecule is CCCC(C)(Nc1nccn2nc(C)cc12)C(=O)OC. The summed E-state index contributed by atoms with van der Waals surface area (Å²) in [7, 11) is 1.40. The lowest BCUT2D eigenvalue weighted by Crippen LogP contribution is -2.44. The van der Waals surface area contributed by atoms with Gasteiger partial charge in [-0.25, -0.2) is 14.3 Å². The van der Waals surface area contributed by atoms with Crippen molar-refractivity contribution in [3.63, 3.8) is 0 Å². The number of hydrogen-bond donors (Lipinski definition) is 1. The summed E-state index contributed by atoms with van der Waals surface area (Å²) in [6.07, 6.45) is 4.96. The van der Waals surface area contributed by atoms with E-state index in [0.717, 1.165) is 17.6 Å². The Morgan fingerprint density at radius 2 is 2.30 bits per heavy atom. The van der Waals surface area contributed by atoms with Gasteiger partial charge in [0.15, 0.2) is 5.82 Å². The van der Waals surface area contributed by atoms with Crippen molar-refractivity contribution in [2.24, 2.45) is 0 Å². The molecular weight excluding hydrogens is 256 g/mol. The van der Waals surface area contributed by atoms with E-state index in [-0.39, 0.29) is 5.97 Å². The molecule has 0 aliphatic rings. The van der Waals surface area contributed by atoms with Crippen molar-refractivity contribution in [3.05, 3.63) is 24.2 Å². The molecule has 0 spiro atoms. The van der Waals surface area contributed by atoms with Gasteiger partial charge in [0.1, 0.15) is 11.1 Å². The molecule has 2 rings (SSSR count). The molecule has 0 amide bonds. The Kier molecular flexibility index (Phi) is 3.92. The molecule has 2 aromatic heterocycles. The second-order valence-electron chi connectivity index (χ2n) is 5.09. The van der Waals surface area contributed by atoms with Gasteiger partial charge in [-0.3, -0.25) is 0 Å². The molecule has 1 unspecified atom stereocenters. The molecular formula is C14H20N4O2. The fourth-order valence-corrected chi connectivity index (χ4v) is 2.34. The molecule has 0 aromatic carbocycles. The maximum absolute atomic E-state index is 12.0. The Morgan fingerprint density at radius 3 is 2.95 bits per heavy atom. The molecule has 0 fully saturated rings. The number of nitrogens with zero attached hydrogens (tertiary/aromatic N) is 3. The minimum atomic E-state index is -0.795. The molecule has 0 aliphatic carbocycles. The molecule has 0 radical (unpaired) electrons. The number of rotatable bonds is 5. The molecule has 6 heteroatoms. The maximum Gasteiger partial charge on any atom is 0.331 e. The first kappa shape index (κ1) is 14.3. The fraction of sp³-hybridized carbons (Fsp3) is 0.500. The van der Waals surface area contributed by atoms with Crippen LogP contribution in [0.1, 0.15) is 32.4 Å².